The number of carbonyl (C=O) groups is 4. The Morgan fingerprint density at radius 1 is 1.15 bits per heavy atom. The summed E-state index contributed by atoms with van der Waals surface area (Å²) in [7, 11) is 1.46. The molecule has 0 bridgehead atoms. The molecule has 2 aromatic carbocycles. The predicted molar refractivity (Wildman–Crippen MR) is 115 cm³/mol. The smallest absolute Gasteiger partial charge is 1.00 e. The molecule has 2 atom stereocenters. The van der Waals surface area contributed by atoms with Gasteiger partial charge in [0.05, 0.1) is 12.5 Å². The van der Waals surface area contributed by atoms with Gasteiger partial charge in [-0.2, -0.15) is 0 Å². The maximum Gasteiger partial charge on any atom is 1.00 e. The first-order valence-corrected chi connectivity index (χ1v) is 9.81. The third kappa shape index (κ3) is 6.07. The molecule has 3 N–H and O–H groups in total. The van der Waals surface area contributed by atoms with E-state index in [1.165, 1.54) is 24.1 Å². The minimum Gasteiger partial charge on any atom is -1.00 e. The first kappa shape index (κ1) is 26.2. The number of allylic oxidation sites excluding steroid dienone is 1. The molecule has 0 spiro atoms. The molecule has 0 fully saturated rings. The number of aliphatic carboxylic acids is 1. The first-order chi connectivity index (χ1) is 15.2. The number of ketones is 1. The molecular formula is C23H23FN3NaO5. The van der Waals surface area contributed by atoms with Crippen molar-refractivity contribution in [1.29, 1.82) is 0 Å². The second kappa shape index (κ2) is 11.2. The van der Waals surface area contributed by atoms with Crippen LogP contribution in [0.1, 0.15) is 26.4 Å². The number of nitrogens with one attached hydrogen (secondary N) is 2. The molecular weight excluding hydrogens is 440 g/mol. The van der Waals surface area contributed by atoms with E-state index in [-0.39, 0.29) is 42.1 Å². The number of carbonyl (C=O) groups excluding carboxylic acids is 3. The molecule has 8 nitrogen and oxygen atoms in total. The van der Waals surface area contributed by atoms with Crippen LogP contribution in [0.5, 0.6) is 0 Å². The number of hydrogen-bond donors (Lipinski definition) is 3. The standard InChI is InChI=1S/C23H22FN3O5.Na.H/c1-13-11-18(28)21(22(31)27(13)2)26-23(32)25-17(12-19(29)30)16-10-6-9-15(20(16)24)14-7-4-3-5-8-14;;/h3-11,17,21H,12H2,1-2H3,(H,29,30)(H2,25,26,32);;/q;+1;-1. The van der Waals surface area contributed by atoms with Gasteiger partial charge in [-0.05, 0) is 12.5 Å². The number of benzene rings is 2. The summed E-state index contributed by atoms with van der Waals surface area (Å²) < 4.78 is 15.3. The molecule has 0 aliphatic carbocycles. The topological polar surface area (TPSA) is 116 Å². The van der Waals surface area contributed by atoms with Gasteiger partial charge in [0.1, 0.15) is 5.82 Å². The van der Waals surface area contributed by atoms with E-state index in [4.69, 9.17) is 0 Å². The summed E-state index contributed by atoms with van der Waals surface area (Å²) in [5.74, 6) is -3.17. The van der Waals surface area contributed by atoms with Crippen LogP contribution in [0, 0.1) is 5.82 Å². The molecule has 3 rings (SSSR count). The van der Waals surface area contributed by atoms with Gasteiger partial charge in [-0.1, -0.05) is 48.5 Å². The van der Waals surface area contributed by atoms with E-state index in [0.29, 0.717) is 11.3 Å². The molecule has 168 valence electrons. The molecule has 0 saturated heterocycles. The van der Waals surface area contributed by atoms with Gasteiger partial charge in [0, 0.05) is 29.9 Å². The number of amides is 3. The zero-order chi connectivity index (χ0) is 23.4. The Kier molecular flexibility index (Phi) is 8.92. The van der Waals surface area contributed by atoms with Crippen molar-refractivity contribution in [3.8, 4) is 11.1 Å². The summed E-state index contributed by atoms with van der Waals surface area (Å²) in [5, 5.41) is 13.9. The molecule has 0 radical (unpaired) electrons. The zero-order valence-corrected chi connectivity index (χ0v) is 20.5. The van der Waals surface area contributed by atoms with Crippen LogP contribution in [0.15, 0.2) is 60.3 Å². The van der Waals surface area contributed by atoms with Gasteiger partial charge in [0.2, 0.25) is 0 Å². The van der Waals surface area contributed by atoms with Gasteiger partial charge in [0.25, 0.3) is 5.91 Å². The van der Waals surface area contributed by atoms with Crippen molar-refractivity contribution < 1.29 is 59.7 Å². The van der Waals surface area contributed by atoms with Crippen molar-refractivity contribution in [3.05, 3.63) is 71.7 Å². The van der Waals surface area contributed by atoms with Crippen molar-refractivity contribution in [2.45, 2.75) is 25.4 Å². The molecule has 10 heteroatoms. The molecule has 2 aromatic rings. The molecule has 3 amide bonds. The van der Waals surface area contributed by atoms with Crippen LogP contribution in [0.3, 0.4) is 0 Å². The van der Waals surface area contributed by atoms with E-state index in [0.717, 1.165) is 0 Å². The van der Waals surface area contributed by atoms with Gasteiger partial charge >= 0.3 is 41.6 Å². The average molecular weight is 463 g/mol. The molecule has 2 unspecified atom stereocenters. The van der Waals surface area contributed by atoms with Gasteiger partial charge in [0.15, 0.2) is 11.8 Å². The Morgan fingerprint density at radius 2 is 1.82 bits per heavy atom. The maximum absolute atomic E-state index is 15.3. The van der Waals surface area contributed by atoms with Crippen LogP contribution < -0.4 is 40.2 Å². The van der Waals surface area contributed by atoms with Crippen LogP contribution in [-0.2, 0) is 14.4 Å². The van der Waals surface area contributed by atoms with Crippen LogP contribution in [-0.4, -0.2) is 46.8 Å². The van der Waals surface area contributed by atoms with Crippen LogP contribution in [0.2, 0.25) is 0 Å². The van der Waals surface area contributed by atoms with Crippen molar-refractivity contribution in [2.75, 3.05) is 7.05 Å². The van der Waals surface area contributed by atoms with Gasteiger partial charge in [-0.25, -0.2) is 9.18 Å². The summed E-state index contributed by atoms with van der Waals surface area (Å²) in [6, 6.07) is 9.53. The summed E-state index contributed by atoms with van der Waals surface area (Å²) in [4.78, 5) is 49.7. The normalized spacial score (nSPS) is 16.4. The predicted octanol–water partition coefficient (Wildman–Crippen LogP) is -0.262. The summed E-state index contributed by atoms with van der Waals surface area (Å²) >= 11 is 0. The third-order valence-electron chi connectivity index (χ3n) is 5.19. The quantitative estimate of drug-likeness (QED) is 0.403. The number of halogens is 1. The van der Waals surface area contributed by atoms with E-state index in [9.17, 15) is 24.3 Å². The second-order valence-electron chi connectivity index (χ2n) is 7.36. The summed E-state index contributed by atoms with van der Waals surface area (Å²) in [6.07, 6.45) is 0.623. The van der Waals surface area contributed by atoms with Crippen LogP contribution >= 0.6 is 0 Å². The van der Waals surface area contributed by atoms with Gasteiger partial charge < -0.3 is 22.1 Å². The van der Waals surface area contributed by atoms with E-state index in [1.54, 1.807) is 49.4 Å². The average Bonchev–Trinajstić information content (AvgIpc) is 2.75. The maximum atomic E-state index is 15.3. The number of rotatable bonds is 6. The SMILES string of the molecule is CC1=CC(=O)C(NC(=O)NC(CC(=O)O)c2cccc(-c3ccccc3)c2F)C(=O)N1C.[H-].[Na+]. The number of carboxylic acid groups (broad SMARTS) is 1. The number of carboxylic acids is 1. The molecule has 1 heterocycles. The van der Waals surface area contributed by atoms with Crippen LogP contribution in [0.4, 0.5) is 9.18 Å². The first-order valence-electron chi connectivity index (χ1n) is 9.81. The molecule has 1 aliphatic heterocycles. The van der Waals surface area contributed by atoms with E-state index in [1.807, 2.05) is 0 Å². The van der Waals surface area contributed by atoms with Crippen molar-refractivity contribution in [2.24, 2.45) is 0 Å². The molecule has 33 heavy (non-hydrogen) atoms. The van der Waals surface area contributed by atoms with Crippen molar-refractivity contribution in [3.63, 3.8) is 0 Å². The van der Waals surface area contributed by atoms with Crippen molar-refractivity contribution in [1.82, 2.24) is 15.5 Å². The monoisotopic (exact) mass is 463 g/mol. The third-order valence-corrected chi connectivity index (χ3v) is 5.19. The summed E-state index contributed by atoms with van der Waals surface area (Å²) in [6.45, 7) is 1.58. The van der Waals surface area contributed by atoms with E-state index in [2.05, 4.69) is 10.6 Å². The Bertz CT molecular complexity index is 1110. The zero-order valence-electron chi connectivity index (χ0n) is 19.5. The number of likely N-dealkylation sites (N-methyl/N-ethyl adjacent to an activating group) is 1. The Morgan fingerprint density at radius 3 is 2.45 bits per heavy atom. The minimum atomic E-state index is -1.45. The Hall–Kier alpha value is -3.01. The summed E-state index contributed by atoms with van der Waals surface area (Å²) in [5.41, 5.74) is 1.25. The minimum absolute atomic E-state index is 0. The number of urea groups is 1. The Balaban J connectivity index is 0.00000289. The van der Waals surface area contributed by atoms with E-state index < -0.39 is 48.0 Å². The fourth-order valence-electron chi connectivity index (χ4n) is 3.41. The Labute approximate surface area is 213 Å². The molecule has 0 saturated carbocycles. The van der Waals surface area contributed by atoms with Gasteiger partial charge in [-0.3, -0.25) is 14.4 Å². The van der Waals surface area contributed by atoms with Crippen LogP contribution in [0.25, 0.3) is 11.1 Å². The molecule has 1 aliphatic rings. The van der Waals surface area contributed by atoms with E-state index >= 15 is 4.39 Å². The fourth-order valence-corrected chi connectivity index (χ4v) is 3.41. The van der Waals surface area contributed by atoms with Gasteiger partial charge in [-0.15, -0.1) is 0 Å². The fraction of sp³-hybridized carbons (Fsp3) is 0.217. The number of nitrogens with zero attached hydrogens (tertiary/aromatic N) is 1. The molecule has 0 aromatic heterocycles. The second-order valence-corrected chi connectivity index (χ2v) is 7.36. The van der Waals surface area contributed by atoms with Crippen molar-refractivity contribution >= 4 is 23.7 Å². The number of hydrogen-bond acceptors (Lipinski definition) is 4. The largest absolute Gasteiger partial charge is 1.00 e.